The summed E-state index contributed by atoms with van der Waals surface area (Å²) in [5, 5.41) is 10.5. The number of hydrogen-bond acceptors (Lipinski definition) is 10. The average Bonchev–Trinajstić information content (AvgIpc) is 3.34. The number of anilines is 1. The SMILES string of the molecule is CC[C@H]1O[C@@H](Oc2cc3c(c4ccccc24)[C@H](CCl)CN3C(=O)CCCC(=O)O)[C@H](OC(C)=O)[C@H](OC(C)=O)[C@H]1OC(C)=O. The second-order valence-electron chi connectivity index (χ2n) is 10.7. The maximum atomic E-state index is 13.3. The molecule has 0 unspecified atom stereocenters. The van der Waals surface area contributed by atoms with Crippen LogP contribution < -0.4 is 9.64 Å². The van der Waals surface area contributed by atoms with Gasteiger partial charge in [0, 0.05) is 63.4 Å². The first-order valence-electron chi connectivity index (χ1n) is 14.4. The van der Waals surface area contributed by atoms with Crippen molar-refractivity contribution in [3.05, 3.63) is 35.9 Å². The molecule has 4 rings (SSSR count). The Kier molecular flexibility index (Phi) is 10.7. The fourth-order valence-corrected chi connectivity index (χ4v) is 6.05. The molecular weight excluding hydrogens is 598 g/mol. The lowest BCUT2D eigenvalue weighted by atomic mass is 9.95. The third-order valence-corrected chi connectivity index (χ3v) is 7.91. The summed E-state index contributed by atoms with van der Waals surface area (Å²) in [6.07, 6.45) is -5.30. The lowest BCUT2D eigenvalue weighted by molar-refractivity contribution is -0.283. The van der Waals surface area contributed by atoms with Gasteiger partial charge in [-0.25, -0.2) is 0 Å². The van der Waals surface area contributed by atoms with E-state index >= 15 is 0 Å². The highest BCUT2D eigenvalue weighted by Crippen LogP contribution is 2.46. The number of fused-ring (bicyclic) bond motifs is 3. The van der Waals surface area contributed by atoms with Gasteiger partial charge in [-0.05, 0) is 23.8 Å². The Hall–Kier alpha value is -3.90. The molecule has 2 aromatic rings. The number of hydrogen-bond donors (Lipinski definition) is 1. The number of aliphatic carboxylic acids is 1. The highest BCUT2D eigenvalue weighted by atomic mass is 35.5. The van der Waals surface area contributed by atoms with E-state index in [-0.39, 0.29) is 37.0 Å². The predicted octanol–water partition coefficient (Wildman–Crippen LogP) is 4.07. The molecule has 12 nitrogen and oxygen atoms in total. The van der Waals surface area contributed by atoms with Gasteiger partial charge in [0.05, 0.1) is 5.69 Å². The lowest BCUT2D eigenvalue weighted by Crippen LogP contribution is -2.62. The van der Waals surface area contributed by atoms with E-state index < -0.39 is 54.6 Å². The number of alkyl halides is 1. The summed E-state index contributed by atoms with van der Waals surface area (Å²) in [4.78, 5) is 62.2. The van der Waals surface area contributed by atoms with Crippen LogP contribution in [0.3, 0.4) is 0 Å². The first-order valence-corrected chi connectivity index (χ1v) is 15.0. The molecule has 1 amide bonds. The number of carboxylic acids is 1. The quantitative estimate of drug-likeness (QED) is 0.216. The summed E-state index contributed by atoms with van der Waals surface area (Å²) in [7, 11) is 0. The van der Waals surface area contributed by atoms with Crippen molar-refractivity contribution in [1.82, 2.24) is 0 Å². The van der Waals surface area contributed by atoms with Gasteiger partial charge in [-0.15, -0.1) is 11.6 Å². The molecule has 0 saturated carbocycles. The Labute approximate surface area is 259 Å². The van der Waals surface area contributed by atoms with Gasteiger partial charge >= 0.3 is 23.9 Å². The van der Waals surface area contributed by atoms with Crippen LogP contribution in [0.15, 0.2) is 30.3 Å². The number of carbonyl (C=O) groups is 5. The van der Waals surface area contributed by atoms with E-state index in [4.69, 9.17) is 40.4 Å². The highest BCUT2D eigenvalue weighted by Gasteiger charge is 2.52. The zero-order valence-electron chi connectivity index (χ0n) is 24.9. The van der Waals surface area contributed by atoms with Crippen molar-refractivity contribution in [3.63, 3.8) is 0 Å². The average molecular weight is 634 g/mol. The second kappa shape index (κ2) is 14.3. The van der Waals surface area contributed by atoms with Crippen LogP contribution in [0.2, 0.25) is 0 Å². The Morgan fingerprint density at radius 3 is 2.14 bits per heavy atom. The van der Waals surface area contributed by atoms with E-state index in [0.29, 0.717) is 29.8 Å². The molecule has 13 heteroatoms. The second-order valence-corrected chi connectivity index (χ2v) is 11.1. The molecule has 0 bridgehead atoms. The fraction of sp³-hybridized carbons (Fsp3) is 0.516. The van der Waals surface area contributed by atoms with Crippen molar-refractivity contribution in [2.24, 2.45) is 0 Å². The van der Waals surface area contributed by atoms with Crippen LogP contribution in [-0.4, -0.2) is 78.0 Å². The minimum absolute atomic E-state index is 0.0316. The molecule has 2 aliphatic heterocycles. The van der Waals surface area contributed by atoms with Crippen LogP contribution in [0.25, 0.3) is 10.8 Å². The Morgan fingerprint density at radius 2 is 1.55 bits per heavy atom. The Balaban J connectivity index is 1.79. The van der Waals surface area contributed by atoms with Crippen molar-refractivity contribution < 1.29 is 52.8 Å². The maximum absolute atomic E-state index is 13.3. The normalized spacial score (nSPS) is 24.3. The highest BCUT2D eigenvalue weighted by molar-refractivity contribution is 6.19. The van der Waals surface area contributed by atoms with Crippen LogP contribution >= 0.6 is 11.6 Å². The fourth-order valence-electron chi connectivity index (χ4n) is 5.80. The number of nitrogens with zero attached hydrogens (tertiary/aromatic N) is 1. The molecule has 1 N–H and O–H groups in total. The Bertz CT molecular complexity index is 1430. The molecule has 2 aromatic carbocycles. The summed E-state index contributed by atoms with van der Waals surface area (Å²) >= 11 is 6.36. The van der Waals surface area contributed by atoms with E-state index in [1.807, 2.05) is 24.3 Å². The van der Waals surface area contributed by atoms with Crippen LogP contribution in [0.4, 0.5) is 5.69 Å². The van der Waals surface area contributed by atoms with E-state index in [1.54, 1.807) is 17.9 Å². The lowest BCUT2D eigenvalue weighted by Gasteiger charge is -2.44. The maximum Gasteiger partial charge on any atom is 0.303 e. The summed E-state index contributed by atoms with van der Waals surface area (Å²) < 4.78 is 29.2. The van der Waals surface area contributed by atoms with E-state index in [2.05, 4.69) is 0 Å². The minimum Gasteiger partial charge on any atom is -0.481 e. The minimum atomic E-state index is -1.32. The number of carbonyl (C=O) groups excluding carboxylic acids is 4. The van der Waals surface area contributed by atoms with E-state index in [9.17, 15) is 24.0 Å². The van der Waals surface area contributed by atoms with Crippen molar-refractivity contribution in [2.75, 3.05) is 17.3 Å². The molecule has 1 saturated heterocycles. The smallest absolute Gasteiger partial charge is 0.303 e. The van der Waals surface area contributed by atoms with Crippen LogP contribution in [0.1, 0.15) is 64.9 Å². The van der Waals surface area contributed by atoms with E-state index in [0.717, 1.165) is 10.9 Å². The number of benzene rings is 2. The zero-order chi connectivity index (χ0) is 32.1. The Morgan fingerprint density at radius 1 is 0.932 bits per heavy atom. The molecule has 44 heavy (non-hydrogen) atoms. The number of carboxylic acid groups (broad SMARTS) is 1. The van der Waals surface area contributed by atoms with Gasteiger partial charge in [-0.2, -0.15) is 0 Å². The van der Waals surface area contributed by atoms with Gasteiger partial charge in [0.2, 0.25) is 18.3 Å². The number of ether oxygens (including phenoxy) is 5. The molecule has 0 spiro atoms. The van der Waals surface area contributed by atoms with Crippen LogP contribution in [-0.2, 0) is 42.9 Å². The third kappa shape index (κ3) is 7.24. The molecule has 2 aliphatic rings. The van der Waals surface area contributed by atoms with Crippen LogP contribution in [0, 0.1) is 0 Å². The molecule has 0 aliphatic carbocycles. The van der Waals surface area contributed by atoms with Crippen molar-refractivity contribution in [3.8, 4) is 5.75 Å². The van der Waals surface area contributed by atoms with Crippen molar-refractivity contribution in [2.45, 2.75) is 90.0 Å². The van der Waals surface area contributed by atoms with Crippen molar-refractivity contribution in [1.29, 1.82) is 0 Å². The summed E-state index contributed by atoms with van der Waals surface area (Å²) in [5.74, 6) is -2.91. The number of rotatable bonds is 11. The molecule has 6 atom stereocenters. The van der Waals surface area contributed by atoms with Gasteiger partial charge in [-0.1, -0.05) is 31.2 Å². The zero-order valence-corrected chi connectivity index (χ0v) is 25.7. The van der Waals surface area contributed by atoms with Gasteiger partial charge in [0.25, 0.3) is 0 Å². The van der Waals surface area contributed by atoms with Gasteiger partial charge in [-0.3, -0.25) is 24.0 Å². The molecule has 238 valence electrons. The summed E-state index contributed by atoms with van der Waals surface area (Å²) in [5.41, 5.74) is 1.42. The molecule has 0 aromatic heterocycles. The standard InChI is InChI=1S/C31H36ClNO11/c1-5-23-28(40-16(2)34)29(41-17(3)35)30(42-18(4)36)31(43-23)44-24-13-22-27(21-10-7-6-9-20(21)24)19(14-32)15-33(22)25(37)11-8-12-26(38)39/h6-7,9-10,13,19,23,28-31H,5,8,11-12,14-15H2,1-4H3,(H,38,39)/t19-,23-,28+,29-,30-,31+/m1/s1. The largest absolute Gasteiger partial charge is 0.481 e. The molecule has 2 heterocycles. The number of halogens is 1. The molecule has 1 fully saturated rings. The summed E-state index contributed by atoms with van der Waals surface area (Å²) in [6.45, 7) is 5.68. The monoisotopic (exact) mass is 633 g/mol. The van der Waals surface area contributed by atoms with Gasteiger partial charge < -0.3 is 33.7 Å². The molecular formula is C31H36ClNO11. The van der Waals surface area contributed by atoms with Gasteiger partial charge in [0.1, 0.15) is 11.9 Å². The summed E-state index contributed by atoms with van der Waals surface area (Å²) in [6, 6.07) is 9.08. The third-order valence-electron chi connectivity index (χ3n) is 7.54. The predicted molar refractivity (Wildman–Crippen MR) is 157 cm³/mol. The van der Waals surface area contributed by atoms with E-state index in [1.165, 1.54) is 20.8 Å². The first-order chi connectivity index (χ1) is 20.9. The first kappa shape index (κ1) is 33.0. The topological polar surface area (TPSA) is 155 Å². The molecule has 0 radical (unpaired) electrons. The number of esters is 3. The van der Waals surface area contributed by atoms with Gasteiger partial charge in [0.15, 0.2) is 12.2 Å². The number of amides is 1. The van der Waals surface area contributed by atoms with Crippen molar-refractivity contribution >= 4 is 57.8 Å². The van der Waals surface area contributed by atoms with Crippen LogP contribution in [0.5, 0.6) is 5.75 Å².